The van der Waals surface area contributed by atoms with Crippen LogP contribution < -0.4 is 0 Å². The lowest BCUT2D eigenvalue weighted by molar-refractivity contribution is -0.403. The Bertz CT molecular complexity index is 2840. The van der Waals surface area contributed by atoms with E-state index < -0.39 is 135 Å². The summed E-state index contributed by atoms with van der Waals surface area (Å²) in [7, 11) is 0. The molecule has 57 heavy (non-hydrogen) atoms. The topological polar surface area (TPSA) is 437 Å². The van der Waals surface area contributed by atoms with Crippen molar-refractivity contribution in [1.29, 1.82) is 0 Å². The Morgan fingerprint density at radius 3 is 0.860 bits per heavy atom. The van der Waals surface area contributed by atoms with Gasteiger partial charge in [0, 0.05) is 6.07 Å². The van der Waals surface area contributed by atoms with E-state index in [1.807, 2.05) is 0 Å². The number of rotatable bonds is 11. The number of benzene rings is 4. The van der Waals surface area contributed by atoms with Gasteiger partial charge >= 0.3 is 28.4 Å². The summed E-state index contributed by atoms with van der Waals surface area (Å²) >= 11 is 0. The summed E-state index contributed by atoms with van der Waals surface area (Å²) in [4.78, 5) is 86.4. The van der Waals surface area contributed by atoms with Crippen LogP contribution in [0.1, 0.15) is 0 Å². The Hall–Kier alpha value is -9.72. The number of aromatic nitrogens is 9. The first kappa shape index (κ1) is 35.7. The van der Waals surface area contributed by atoms with Crippen molar-refractivity contribution < 1.29 is 39.4 Å². The van der Waals surface area contributed by atoms with Crippen molar-refractivity contribution in [3.63, 3.8) is 0 Å². The first-order valence-corrected chi connectivity index (χ1v) is 14.5. The Labute approximate surface area is 303 Å². The Morgan fingerprint density at radius 1 is 0.333 bits per heavy atom. The van der Waals surface area contributed by atoms with E-state index in [4.69, 9.17) is 0 Å². The van der Waals surface area contributed by atoms with Crippen molar-refractivity contribution in [2.45, 2.75) is 0 Å². The van der Waals surface area contributed by atoms with Crippen LogP contribution in [0.15, 0.2) is 42.5 Å². The molecular weight excluding hydrogens is 782 g/mol. The molecule has 0 spiro atoms. The Balaban J connectivity index is 1.63. The molecule has 0 fully saturated rings. The van der Waals surface area contributed by atoms with Crippen LogP contribution >= 0.6 is 0 Å². The van der Waals surface area contributed by atoms with Gasteiger partial charge in [0.15, 0.2) is 5.69 Å². The SMILES string of the molecule is O=[N+]([O-])c1ccc(-n2nc3c(n2)c2nn(-c4c([N+](=O)[O-])cc([N+](=O)[O-])cc4[N+](=O)[O-])nc2c2nn(-c4c([N+](=O)[O-])cc([N+](=O)[O-])cc4[N+](=O)[O-])nc32)c([N+](=O)[O-])c1. The summed E-state index contributed by atoms with van der Waals surface area (Å²) in [5.74, 6) is 0. The molecule has 0 amide bonds. The number of hydrogen-bond donors (Lipinski definition) is 0. The average Bonchev–Trinajstić information content (AvgIpc) is 3.90. The number of nitro groups is 8. The summed E-state index contributed by atoms with van der Waals surface area (Å²) in [5.41, 5.74) is -14.8. The van der Waals surface area contributed by atoms with E-state index in [2.05, 4.69) is 30.6 Å². The zero-order valence-electron chi connectivity index (χ0n) is 26.7. The highest BCUT2D eigenvalue weighted by Gasteiger charge is 2.37. The molecule has 0 aliphatic carbocycles. The fourth-order valence-corrected chi connectivity index (χ4v) is 5.48. The second-order valence-corrected chi connectivity index (χ2v) is 11.0. The quantitative estimate of drug-likeness (QED) is 0.134. The van der Waals surface area contributed by atoms with Crippen LogP contribution in [0.3, 0.4) is 0 Å². The molecule has 0 saturated heterocycles. The Morgan fingerprint density at radius 2 is 0.596 bits per heavy atom. The molecular formula is C24H7N17O16. The lowest BCUT2D eigenvalue weighted by Crippen LogP contribution is -2.08. The molecule has 0 aliphatic heterocycles. The lowest BCUT2D eigenvalue weighted by atomic mass is 10.2. The van der Waals surface area contributed by atoms with E-state index in [-0.39, 0.29) is 9.59 Å². The predicted octanol–water partition coefficient (Wildman–Crippen LogP) is 3.15. The maximum absolute atomic E-state index is 12.1. The number of hydrogen-bond acceptors (Lipinski definition) is 22. The third kappa shape index (κ3) is 5.60. The van der Waals surface area contributed by atoms with Crippen molar-refractivity contribution in [2.24, 2.45) is 0 Å². The molecule has 7 aromatic rings. The van der Waals surface area contributed by atoms with Crippen LogP contribution in [0, 0.1) is 80.9 Å². The van der Waals surface area contributed by atoms with Crippen molar-refractivity contribution >= 4 is 78.6 Å². The highest BCUT2D eigenvalue weighted by molar-refractivity contribution is 6.17. The van der Waals surface area contributed by atoms with Gasteiger partial charge in [-0.3, -0.25) is 80.9 Å². The van der Waals surface area contributed by atoms with Gasteiger partial charge in [-0.2, -0.15) is 0 Å². The lowest BCUT2D eigenvalue weighted by Gasteiger charge is -2.03. The van der Waals surface area contributed by atoms with Crippen LogP contribution in [-0.2, 0) is 0 Å². The molecule has 284 valence electrons. The van der Waals surface area contributed by atoms with E-state index >= 15 is 0 Å². The molecule has 3 heterocycles. The zero-order valence-corrected chi connectivity index (χ0v) is 26.7. The van der Waals surface area contributed by atoms with E-state index in [0.717, 1.165) is 12.1 Å². The van der Waals surface area contributed by atoms with Crippen molar-refractivity contribution in [1.82, 2.24) is 45.0 Å². The first-order valence-electron chi connectivity index (χ1n) is 14.5. The molecule has 0 N–H and O–H groups in total. The third-order valence-corrected chi connectivity index (χ3v) is 7.81. The van der Waals surface area contributed by atoms with Crippen molar-refractivity contribution in [3.05, 3.63) is 123 Å². The standard InChI is InChI=1S/C24H7N17O16/c42-34(43)8-1-2-11(12(3-8)37(48)49)31-25-17-18(26-31)20-22(30-33(28-20)24-15(40(54)55)6-10(36(46)47)7-16(24)41(56)57)21-19(17)27-32(29-21)23-13(38(50)51)4-9(35(44)45)5-14(23)39(52)53/h1-7H. The first-order chi connectivity index (χ1) is 26.9. The van der Waals surface area contributed by atoms with E-state index in [1.165, 1.54) is 0 Å². The van der Waals surface area contributed by atoms with Crippen LogP contribution in [-0.4, -0.2) is 84.4 Å². The van der Waals surface area contributed by atoms with Crippen LogP contribution in [0.25, 0.3) is 50.2 Å². The van der Waals surface area contributed by atoms with Gasteiger partial charge in [0.05, 0.1) is 69.7 Å². The van der Waals surface area contributed by atoms with Crippen LogP contribution in [0.4, 0.5) is 45.5 Å². The van der Waals surface area contributed by atoms with Gasteiger partial charge in [-0.1, -0.05) is 0 Å². The fourth-order valence-electron chi connectivity index (χ4n) is 5.48. The molecule has 33 heteroatoms. The molecule has 0 radical (unpaired) electrons. The van der Waals surface area contributed by atoms with Crippen LogP contribution in [0.5, 0.6) is 0 Å². The van der Waals surface area contributed by atoms with Crippen LogP contribution in [0.2, 0.25) is 0 Å². The second-order valence-electron chi connectivity index (χ2n) is 11.0. The summed E-state index contributed by atoms with van der Waals surface area (Å²) in [6.45, 7) is 0. The molecule has 7 rings (SSSR count). The molecule has 0 aliphatic rings. The smallest absolute Gasteiger partial charge is 0.258 e. The molecule has 0 bridgehead atoms. The van der Waals surface area contributed by atoms with Gasteiger partial charge in [0.1, 0.15) is 33.1 Å². The largest absolute Gasteiger partial charge is 0.310 e. The van der Waals surface area contributed by atoms with Gasteiger partial charge in [0.25, 0.3) is 17.1 Å². The molecule has 3 aromatic heterocycles. The predicted molar refractivity (Wildman–Crippen MR) is 177 cm³/mol. The molecule has 0 atom stereocenters. The van der Waals surface area contributed by atoms with E-state index in [0.29, 0.717) is 35.1 Å². The van der Waals surface area contributed by atoms with Gasteiger partial charge in [-0.15, -0.1) is 45.0 Å². The van der Waals surface area contributed by atoms with E-state index in [9.17, 15) is 80.9 Å². The van der Waals surface area contributed by atoms with Gasteiger partial charge in [-0.05, 0) is 6.07 Å². The molecule has 4 aromatic carbocycles. The highest BCUT2D eigenvalue weighted by Crippen LogP contribution is 2.40. The normalized spacial score (nSPS) is 11.2. The van der Waals surface area contributed by atoms with Crippen molar-refractivity contribution in [2.75, 3.05) is 0 Å². The minimum Gasteiger partial charge on any atom is -0.258 e. The maximum atomic E-state index is 12.1. The summed E-state index contributed by atoms with van der Waals surface area (Å²) in [6.07, 6.45) is 0. The monoisotopic (exact) mass is 789 g/mol. The number of non-ortho nitro benzene ring substituents is 3. The molecule has 33 nitrogen and oxygen atoms in total. The number of nitro benzene ring substituents is 8. The molecule has 0 unspecified atom stereocenters. The average molecular weight is 789 g/mol. The summed E-state index contributed by atoms with van der Waals surface area (Å²) in [6, 6.07) is 3.69. The van der Waals surface area contributed by atoms with E-state index in [1.54, 1.807) is 0 Å². The fraction of sp³-hybridized carbons (Fsp3) is 0. The zero-order chi connectivity index (χ0) is 41.4. The van der Waals surface area contributed by atoms with Gasteiger partial charge < -0.3 is 0 Å². The minimum absolute atomic E-state index is 0.271. The number of nitrogens with zero attached hydrogens (tertiary/aromatic N) is 17. The molecule has 0 saturated carbocycles. The Kier molecular flexibility index (Phi) is 7.80. The highest BCUT2D eigenvalue weighted by atomic mass is 16.7. The van der Waals surface area contributed by atoms with Gasteiger partial charge in [0.2, 0.25) is 11.4 Å². The number of fused-ring (bicyclic) bond motifs is 6. The van der Waals surface area contributed by atoms with Gasteiger partial charge in [-0.25, -0.2) is 0 Å². The third-order valence-electron chi connectivity index (χ3n) is 7.81. The second kappa shape index (κ2) is 12.5. The van der Waals surface area contributed by atoms with Crippen molar-refractivity contribution in [3.8, 4) is 17.1 Å². The maximum Gasteiger partial charge on any atom is 0.310 e. The summed E-state index contributed by atoms with van der Waals surface area (Å²) in [5, 5.41) is 119. The summed E-state index contributed by atoms with van der Waals surface area (Å²) < 4.78 is 0. The minimum atomic E-state index is -1.27.